The summed E-state index contributed by atoms with van der Waals surface area (Å²) in [6, 6.07) is 6.62. The molecule has 1 aliphatic heterocycles. The fourth-order valence-electron chi connectivity index (χ4n) is 2.52. The molecule has 2 rings (SSSR count). The van der Waals surface area contributed by atoms with Gasteiger partial charge < -0.3 is 14.8 Å². The van der Waals surface area contributed by atoms with Crippen LogP contribution in [0.25, 0.3) is 0 Å². The minimum atomic E-state index is -0.536. The number of hydrogen-bond acceptors (Lipinski definition) is 4. The first-order valence-corrected chi connectivity index (χ1v) is 8.21. The molecule has 0 aliphatic carbocycles. The highest BCUT2D eigenvalue weighted by molar-refractivity contribution is 6.31. The minimum Gasteiger partial charge on any atom is -0.463 e. The maximum Gasteiger partial charge on any atom is 0.308 e. The van der Waals surface area contributed by atoms with Crippen LogP contribution >= 0.6 is 11.6 Å². The van der Waals surface area contributed by atoms with Crippen molar-refractivity contribution in [3.63, 3.8) is 0 Å². The quantitative estimate of drug-likeness (QED) is 0.809. The van der Waals surface area contributed by atoms with E-state index in [0.29, 0.717) is 23.6 Å². The number of esters is 1. The van der Waals surface area contributed by atoms with Crippen LogP contribution in [0.1, 0.15) is 44.7 Å². The van der Waals surface area contributed by atoms with E-state index in [4.69, 9.17) is 21.1 Å². The van der Waals surface area contributed by atoms with Gasteiger partial charge >= 0.3 is 5.97 Å². The normalized spacial score (nSPS) is 18.7. The summed E-state index contributed by atoms with van der Waals surface area (Å²) >= 11 is 6.22. The Labute approximate surface area is 141 Å². The standard InChI is InChI=1S/C17H22ClNO4/c1-11(2)23-16(20)10-14(12-6-3-4-7-13(12)18)19-17(21)15-8-5-9-22-15/h3-4,6-7,11,14-15H,5,8-10H2,1-2H3,(H,19,21)/t14-,15-/m0/s1. The van der Waals surface area contributed by atoms with Crippen LogP contribution in [-0.2, 0) is 19.1 Å². The molecule has 1 N–H and O–H groups in total. The third-order valence-corrected chi connectivity index (χ3v) is 3.90. The van der Waals surface area contributed by atoms with Gasteiger partial charge in [-0.2, -0.15) is 0 Å². The van der Waals surface area contributed by atoms with Crippen LogP contribution in [0.15, 0.2) is 24.3 Å². The van der Waals surface area contributed by atoms with Crippen LogP contribution in [0, 0.1) is 0 Å². The number of nitrogens with one attached hydrogen (secondary N) is 1. The van der Waals surface area contributed by atoms with Crippen LogP contribution in [0.2, 0.25) is 5.02 Å². The molecule has 6 heteroatoms. The molecule has 1 aliphatic rings. The first-order valence-electron chi connectivity index (χ1n) is 7.83. The molecule has 2 atom stereocenters. The van der Waals surface area contributed by atoms with E-state index in [0.717, 1.165) is 6.42 Å². The first-order chi connectivity index (χ1) is 11.0. The molecule has 1 amide bonds. The van der Waals surface area contributed by atoms with Gasteiger partial charge in [0.25, 0.3) is 0 Å². The van der Waals surface area contributed by atoms with Crippen molar-refractivity contribution >= 4 is 23.5 Å². The summed E-state index contributed by atoms with van der Waals surface area (Å²) in [4.78, 5) is 24.3. The zero-order chi connectivity index (χ0) is 16.8. The summed E-state index contributed by atoms with van der Waals surface area (Å²) < 4.78 is 10.6. The molecule has 23 heavy (non-hydrogen) atoms. The molecule has 5 nitrogen and oxygen atoms in total. The Hall–Kier alpha value is -1.59. The molecule has 126 valence electrons. The summed E-state index contributed by atoms with van der Waals surface area (Å²) in [5, 5.41) is 3.37. The number of ether oxygens (including phenoxy) is 2. The Morgan fingerprint density at radius 1 is 1.39 bits per heavy atom. The number of carbonyl (C=O) groups excluding carboxylic acids is 2. The van der Waals surface area contributed by atoms with Crippen molar-refractivity contribution in [2.24, 2.45) is 0 Å². The molecule has 0 unspecified atom stereocenters. The van der Waals surface area contributed by atoms with Crippen molar-refractivity contribution in [1.29, 1.82) is 0 Å². The second kappa shape index (κ2) is 8.31. The fraction of sp³-hybridized carbons (Fsp3) is 0.529. The summed E-state index contributed by atoms with van der Waals surface area (Å²) in [7, 11) is 0. The van der Waals surface area contributed by atoms with Gasteiger partial charge in [0.1, 0.15) is 6.10 Å². The lowest BCUT2D eigenvalue weighted by Crippen LogP contribution is -2.38. The van der Waals surface area contributed by atoms with E-state index in [1.807, 2.05) is 6.07 Å². The van der Waals surface area contributed by atoms with Gasteiger partial charge in [0.2, 0.25) is 5.91 Å². The van der Waals surface area contributed by atoms with Crippen molar-refractivity contribution in [2.75, 3.05) is 6.61 Å². The Morgan fingerprint density at radius 2 is 2.13 bits per heavy atom. The highest BCUT2D eigenvalue weighted by Crippen LogP contribution is 2.26. The van der Waals surface area contributed by atoms with Gasteiger partial charge in [-0.3, -0.25) is 9.59 Å². The number of amides is 1. The number of benzene rings is 1. The molecule has 1 aromatic rings. The van der Waals surface area contributed by atoms with E-state index in [1.54, 1.807) is 32.0 Å². The topological polar surface area (TPSA) is 64.6 Å². The smallest absolute Gasteiger partial charge is 0.308 e. The van der Waals surface area contributed by atoms with Gasteiger partial charge in [0.05, 0.1) is 18.6 Å². The molecule has 0 aromatic heterocycles. The number of rotatable bonds is 6. The maximum absolute atomic E-state index is 12.3. The Morgan fingerprint density at radius 3 is 2.74 bits per heavy atom. The van der Waals surface area contributed by atoms with E-state index in [2.05, 4.69) is 5.32 Å². The molecule has 1 saturated heterocycles. The minimum absolute atomic E-state index is 0.0281. The van der Waals surface area contributed by atoms with Crippen molar-refractivity contribution in [3.05, 3.63) is 34.9 Å². The van der Waals surface area contributed by atoms with Crippen LogP contribution in [0.3, 0.4) is 0 Å². The van der Waals surface area contributed by atoms with Gasteiger partial charge in [0.15, 0.2) is 0 Å². The summed E-state index contributed by atoms with van der Waals surface area (Å²) in [6.07, 6.45) is 0.923. The maximum atomic E-state index is 12.3. The van der Waals surface area contributed by atoms with E-state index < -0.39 is 12.1 Å². The third kappa shape index (κ3) is 5.22. The van der Waals surface area contributed by atoms with E-state index in [-0.39, 0.29) is 24.4 Å². The fourth-order valence-corrected chi connectivity index (χ4v) is 2.79. The van der Waals surface area contributed by atoms with Crippen LogP contribution in [0.4, 0.5) is 0 Å². The van der Waals surface area contributed by atoms with Crippen LogP contribution in [-0.4, -0.2) is 30.7 Å². The Kier molecular flexibility index (Phi) is 6.42. The zero-order valence-corrected chi connectivity index (χ0v) is 14.1. The summed E-state index contributed by atoms with van der Waals surface area (Å²) in [6.45, 7) is 4.16. The molecule has 1 heterocycles. The average molecular weight is 340 g/mol. The van der Waals surface area contributed by atoms with E-state index in [1.165, 1.54) is 0 Å². The van der Waals surface area contributed by atoms with E-state index in [9.17, 15) is 9.59 Å². The lowest BCUT2D eigenvalue weighted by Gasteiger charge is -2.22. The molecule has 0 bridgehead atoms. The summed E-state index contributed by atoms with van der Waals surface area (Å²) in [5.41, 5.74) is 0.696. The zero-order valence-electron chi connectivity index (χ0n) is 13.4. The lowest BCUT2D eigenvalue weighted by atomic mass is 10.0. The highest BCUT2D eigenvalue weighted by Gasteiger charge is 2.28. The molecule has 1 fully saturated rings. The SMILES string of the molecule is CC(C)OC(=O)C[C@H](NC(=O)[C@@H]1CCCO1)c1ccccc1Cl. The van der Waals surface area contributed by atoms with Gasteiger partial charge in [-0.15, -0.1) is 0 Å². The highest BCUT2D eigenvalue weighted by atomic mass is 35.5. The molecule has 0 spiro atoms. The summed E-state index contributed by atoms with van der Waals surface area (Å²) in [5.74, 6) is -0.595. The van der Waals surface area contributed by atoms with Gasteiger partial charge in [0, 0.05) is 11.6 Å². The molecular formula is C17H22ClNO4. The monoisotopic (exact) mass is 339 g/mol. The molecule has 1 aromatic carbocycles. The molecule has 0 saturated carbocycles. The van der Waals surface area contributed by atoms with Gasteiger partial charge in [-0.05, 0) is 38.3 Å². The Balaban J connectivity index is 2.12. The molecular weight excluding hydrogens is 318 g/mol. The van der Waals surface area contributed by atoms with Gasteiger partial charge in [-0.25, -0.2) is 0 Å². The number of hydrogen-bond donors (Lipinski definition) is 1. The largest absolute Gasteiger partial charge is 0.463 e. The van der Waals surface area contributed by atoms with Crippen molar-refractivity contribution in [3.8, 4) is 0 Å². The molecule has 0 radical (unpaired) electrons. The van der Waals surface area contributed by atoms with Crippen molar-refractivity contribution in [1.82, 2.24) is 5.32 Å². The van der Waals surface area contributed by atoms with Gasteiger partial charge in [-0.1, -0.05) is 29.8 Å². The third-order valence-electron chi connectivity index (χ3n) is 3.56. The Bertz CT molecular complexity index is 555. The lowest BCUT2D eigenvalue weighted by molar-refractivity contribution is -0.148. The number of halogens is 1. The van der Waals surface area contributed by atoms with Crippen LogP contribution < -0.4 is 5.32 Å². The first kappa shape index (κ1) is 17.8. The van der Waals surface area contributed by atoms with Crippen LogP contribution in [0.5, 0.6) is 0 Å². The average Bonchev–Trinajstić information content (AvgIpc) is 3.00. The predicted molar refractivity (Wildman–Crippen MR) is 87.2 cm³/mol. The predicted octanol–water partition coefficient (Wildman–Crippen LogP) is 3.02. The second-order valence-corrected chi connectivity index (χ2v) is 6.23. The van der Waals surface area contributed by atoms with E-state index >= 15 is 0 Å². The van der Waals surface area contributed by atoms with Crippen molar-refractivity contribution in [2.45, 2.75) is 51.4 Å². The number of carbonyl (C=O) groups is 2. The second-order valence-electron chi connectivity index (χ2n) is 5.83. The van der Waals surface area contributed by atoms with Crippen molar-refractivity contribution < 1.29 is 19.1 Å².